The predicted molar refractivity (Wildman–Crippen MR) is 44.0 cm³/mol. The van der Waals surface area contributed by atoms with Crippen LogP contribution in [0.1, 0.15) is 0 Å². The summed E-state index contributed by atoms with van der Waals surface area (Å²) in [6.07, 6.45) is 0. The highest BCUT2D eigenvalue weighted by atomic mass is 127. The fourth-order valence-corrected chi connectivity index (χ4v) is 0.854. The lowest BCUT2D eigenvalue weighted by Gasteiger charge is -1.80. The van der Waals surface area contributed by atoms with Gasteiger partial charge in [-0.2, -0.15) is 0 Å². The maximum Gasteiger partial charge on any atom is 0.0910 e. The van der Waals surface area contributed by atoms with Gasteiger partial charge < -0.3 is 5.73 Å². The van der Waals surface area contributed by atoms with Gasteiger partial charge in [0.25, 0.3) is 0 Å². The van der Waals surface area contributed by atoms with Gasteiger partial charge in [-0.05, 0) is 0 Å². The van der Waals surface area contributed by atoms with Crippen molar-refractivity contribution in [3.8, 4) is 0 Å². The Kier molecular flexibility index (Phi) is 7.39. The number of thioether (sulfide) groups is 1. The molecule has 2 nitrogen and oxygen atoms in total. The van der Waals surface area contributed by atoms with E-state index >= 15 is 0 Å². The Balaban J connectivity index is 2.78. The molecular formula is C3H7IN2S. The molecule has 2 N–H and O–H groups in total. The lowest BCUT2D eigenvalue weighted by molar-refractivity contribution is 1.41. The zero-order chi connectivity index (χ0) is 5.54. The Morgan fingerprint density at radius 3 is 3.00 bits per heavy atom. The first-order valence-corrected chi connectivity index (χ1v) is 4.35. The quantitative estimate of drug-likeness (QED) is 0.196. The Morgan fingerprint density at radius 2 is 2.57 bits per heavy atom. The van der Waals surface area contributed by atoms with Gasteiger partial charge in [0, 0.05) is 5.88 Å². The first-order chi connectivity index (χ1) is 3.41. The maximum atomic E-state index is 5.14. The summed E-state index contributed by atoms with van der Waals surface area (Å²) in [5.74, 6) is 0.625. The van der Waals surface area contributed by atoms with Gasteiger partial charge in [-0.3, -0.25) is 4.99 Å². The van der Waals surface area contributed by atoms with Crippen LogP contribution in [0.4, 0.5) is 0 Å². The van der Waals surface area contributed by atoms with Crippen molar-refractivity contribution in [2.45, 2.75) is 0 Å². The number of rotatable bonds is 3. The summed E-state index contributed by atoms with van der Waals surface area (Å²) in [6, 6.07) is 0. The van der Waals surface area contributed by atoms with Gasteiger partial charge in [-0.15, -0.1) is 0 Å². The van der Waals surface area contributed by atoms with Crippen LogP contribution in [-0.2, 0) is 0 Å². The summed E-state index contributed by atoms with van der Waals surface area (Å²) in [7, 11) is 0. The van der Waals surface area contributed by atoms with E-state index in [0.717, 1.165) is 4.55 Å². The Labute approximate surface area is 61.1 Å². The summed E-state index contributed by atoms with van der Waals surface area (Å²) in [6.45, 7) is 0. The molecule has 0 aromatic carbocycles. The summed E-state index contributed by atoms with van der Waals surface area (Å²) in [4.78, 5) is 3.91. The molecule has 0 radical (unpaired) electrons. The van der Waals surface area contributed by atoms with Gasteiger partial charge in [0.15, 0.2) is 0 Å². The molecule has 0 heterocycles. The number of aliphatic imine (C=N–C) groups is 1. The minimum absolute atomic E-state index is 0.625. The SMILES string of the molecule is NCS/C=N\CI. The van der Waals surface area contributed by atoms with E-state index in [1.165, 1.54) is 11.8 Å². The molecule has 4 heteroatoms. The van der Waals surface area contributed by atoms with E-state index in [1.807, 2.05) is 0 Å². The molecule has 42 valence electrons. The Bertz CT molecular complexity index is 56.9. The molecule has 0 rings (SSSR count). The highest BCUT2D eigenvalue weighted by molar-refractivity contribution is 14.1. The standard InChI is InChI=1S/C3H7IN2S/c4-1-6-3-7-2-5/h3H,1-2,5H2/b6-3-. The first kappa shape index (κ1) is 7.71. The van der Waals surface area contributed by atoms with Crippen LogP contribution < -0.4 is 5.73 Å². The number of halogens is 1. The molecule has 0 aliphatic rings. The third-order valence-corrected chi connectivity index (χ3v) is 1.20. The molecule has 0 saturated heterocycles. The minimum atomic E-state index is 0.625. The molecule has 0 saturated carbocycles. The van der Waals surface area contributed by atoms with Crippen LogP contribution >= 0.6 is 34.4 Å². The molecule has 7 heavy (non-hydrogen) atoms. The van der Waals surface area contributed by atoms with Crippen molar-refractivity contribution in [3.63, 3.8) is 0 Å². The molecule has 0 spiro atoms. The molecular weight excluding hydrogens is 223 g/mol. The Hall–Kier alpha value is 0.710. The van der Waals surface area contributed by atoms with E-state index in [2.05, 4.69) is 27.6 Å². The smallest absolute Gasteiger partial charge is 0.0910 e. The van der Waals surface area contributed by atoms with Gasteiger partial charge in [0.1, 0.15) is 0 Å². The van der Waals surface area contributed by atoms with Crippen molar-refractivity contribution in [1.82, 2.24) is 0 Å². The van der Waals surface area contributed by atoms with Gasteiger partial charge in [0.2, 0.25) is 0 Å². The van der Waals surface area contributed by atoms with Crippen molar-refractivity contribution in [2.24, 2.45) is 10.7 Å². The van der Waals surface area contributed by atoms with Crippen LogP contribution in [0.3, 0.4) is 0 Å². The largest absolute Gasteiger partial charge is 0.322 e. The highest BCUT2D eigenvalue weighted by Gasteiger charge is 1.68. The third-order valence-electron chi connectivity index (χ3n) is 0.314. The molecule has 0 bridgehead atoms. The van der Waals surface area contributed by atoms with E-state index < -0.39 is 0 Å². The summed E-state index contributed by atoms with van der Waals surface area (Å²) in [5.41, 5.74) is 6.91. The molecule has 0 aliphatic heterocycles. The van der Waals surface area contributed by atoms with Gasteiger partial charge >= 0.3 is 0 Å². The van der Waals surface area contributed by atoms with Crippen molar-refractivity contribution in [1.29, 1.82) is 0 Å². The van der Waals surface area contributed by atoms with Crippen molar-refractivity contribution < 1.29 is 0 Å². The molecule has 0 aromatic heterocycles. The van der Waals surface area contributed by atoms with Gasteiger partial charge in [-0.25, -0.2) is 0 Å². The summed E-state index contributed by atoms with van der Waals surface area (Å²) in [5, 5.41) is 0. The molecule has 0 aliphatic carbocycles. The van der Waals surface area contributed by atoms with Crippen LogP contribution in [0.15, 0.2) is 4.99 Å². The van der Waals surface area contributed by atoms with Gasteiger partial charge in [-0.1, -0.05) is 34.4 Å². The molecule has 0 aromatic rings. The molecule has 0 amide bonds. The summed E-state index contributed by atoms with van der Waals surface area (Å²) >= 11 is 3.69. The average Bonchev–Trinajstić information content (AvgIpc) is 1.69. The van der Waals surface area contributed by atoms with Crippen molar-refractivity contribution in [3.05, 3.63) is 0 Å². The number of hydrogen-bond acceptors (Lipinski definition) is 3. The maximum absolute atomic E-state index is 5.14. The normalized spacial score (nSPS) is 10.6. The first-order valence-electron chi connectivity index (χ1n) is 1.77. The topological polar surface area (TPSA) is 38.4 Å². The van der Waals surface area contributed by atoms with Crippen LogP contribution in [0.2, 0.25) is 0 Å². The van der Waals surface area contributed by atoms with Crippen LogP contribution in [0, 0.1) is 0 Å². The Morgan fingerprint density at radius 1 is 1.86 bits per heavy atom. The fraction of sp³-hybridized carbons (Fsp3) is 0.667. The molecule has 0 unspecified atom stereocenters. The number of alkyl halides is 1. The lowest BCUT2D eigenvalue weighted by atomic mass is 11.4. The number of nitrogens with zero attached hydrogens (tertiary/aromatic N) is 1. The minimum Gasteiger partial charge on any atom is -0.322 e. The van der Waals surface area contributed by atoms with Crippen LogP contribution in [0.5, 0.6) is 0 Å². The van der Waals surface area contributed by atoms with E-state index in [0.29, 0.717) is 5.88 Å². The summed E-state index contributed by atoms with van der Waals surface area (Å²) < 4.78 is 0.824. The monoisotopic (exact) mass is 230 g/mol. The zero-order valence-electron chi connectivity index (χ0n) is 3.80. The fourth-order valence-electron chi connectivity index (χ4n) is 0.124. The van der Waals surface area contributed by atoms with E-state index in [1.54, 1.807) is 5.55 Å². The molecule has 0 fully saturated rings. The second-order valence-electron chi connectivity index (χ2n) is 0.741. The second kappa shape index (κ2) is 6.71. The average molecular weight is 230 g/mol. The molecule has 0 atom stereocenters. The number of nitrogens with two attached hydrogens (primary N) is 1. The van der Waals surface area contributed by atoms with Gasteiger partial charge in [0.05, 0.1) is 10.1 Å². The van der Waals surface area contributed by atoms with Crippen molar-refractivity contribution in [2.75, 3.05) is 10.4 Å². The van der Waals surface area contributed by atoms with E-state index in [-0.39, 0.29) is 0 Å². The highest BCUT2D eigenvalue weighted by Crippen LogP contribution is 1.89. The number of hydrogen-bond donors (Lipinski definition) is 1. The van der Waals surface area contributed by atoms with Crippen LogP contribution in [-0.4, -0.2) is 16.0 Å². The van der Waals surface area contributed by atoms with E-state index in [4.69, 9.17) is 5.73 Å². The lowest BCUT2D eigenvalue weighted by Crippen LogP contribution is -1.90. The van der Waals surface area contributed by atoms with E-state index in [9.17, 15) is 0 Å². The van der Waals surface area contributed by atoms with Crippen LogP contribution in [0.25, 0.3) is 0 Å². The zero-order valence-corrected chi connectivity index (χ0v) is 6.78. The second-order valence-corrected chi connectivity index (χ2v) is 2.30. The third kappa shape index (κ3) is 6.71. The predicted octanol–water partition coefficient (Wildman–Crippen LogP) is 1.06. The van der Waals surface area contributed by atoms with Crippen molar-refractivity contribution >= 4 is 39.9 Å².